The number of aromatic nitrogens is 1. The number of ketones is 1. The molecule has 116 valence electrons. The molecule has 1 amide bonds. The summed E-state index contributed by atoms with van der Waals surface area (Å²) in [5.74, 6) is -0.104. The number of Topliss-reactive ketones (excluding diaryl/α,β-unsaturated/α-hetero) is 1. The molecular weight excluding hydrogens is 300 g/mol. The molecule has 0 atom stereocenters. The smallest absolute Gasteiger partial charge is 0.287 e. The van der Waals surface area contributed by atoms with Crippen LogP contribution < -0.4 is 5.32 Å². The van der Waals surface area contributed by atoms with Gasteiger partial charge in [-0.15, -0.1) is 11.3 Å². The van der Waals surface area contributed by atoms with Crippen molar-refractivity contribution in [3.8, 4) is 0 Å². The van der Waals surface area contributed by atoms with Crippen molar-refractivity contribution in [1.82, 2.24) is 10.3 Å². The predicted octanol–water partition coefficient (Wildman–Crippen LogP) is 3.45. The molecule has 0 saturated heterocycles. The fraction of sp³-hybridized carbons (Fsp3) is 0.438. The number of thiazole rings is 1. The number of hydrogen-bond donors (Lipinski definition) is 1. The second kappa shape index (κ2) is 5.68. The summed E-state index contributed by atoms with van der Waals surface area (Å²) in [5.41, 5.74) is 0.566. The summed E-state index contributed by atoms with van der Waals surface area (Å²) < 4.78 is 5.32. The number of carbonyl (C=O) groups is 2. The first-order valence-electron chi connectivity index (χ1n) is 7.36. The summed E-state index contributed by atoms with van der Waals surface area (Å²) in [4.78, 5) is 28.3. The van der Waals surface area contributed by atoms with Crippen molar-refractivity contribution in [2.24, 2.45) is 0 Å². The van der Waals surface area contributed by atoms with Crippen LogP contribution in [0.4, 0.5) is 0 Å². The van der Waals surface area contributed by atoms with Crippen LogP contribution in [-0.4, -0.2) is 16.7 Å². The molecule has 1 N–H and O–H groups in total. The molecule has 2 heterocycles. The lowest BCUT2D eigenvalue weighted by molar-refractivity contribution is 0.0864. The minimum Gasteiger partial charge on any atom is -0.448 e. The molecule has 0 aliphatic heterocycles. The molecule has 1 saturated carbocycles. The average Bonchev–Trinajstić information content (AvgIpc) is 3.17. The Balaban J connectivity index is 1.84. The highest BCUT2D eigenvalue weighted by Crippen LogP contribution is 2.40. The highest BCUT2D eigenvalue weighted by Gasteiger charge is 2.40. The van der Waals surface area contributed by atoms with E-state index >= 15 is 0 Å². The maximum Gasteiger partial charge on any atom is 0.287 e. The summed E-state index contributed by atoms with van der Waals surface area (Å²) in [6, 6.07) is 3.08. The molecule has 1 fully saturated rings. The van der Waals surface area contributed by atoms with Crippen LogP contribution in [-0.2, 0) is 5.54 Å². The van der Waals surface area contributed by atoms with Gasteiger partial charge in [0.25, 0.3) is 5.91 Å². The van der Waals surface area contributed by atoms with Crippen molar-refractivity contribution >= 4 is 23.0 Å². The van der Waals surface area contributed by atoms with Crippen LogP contribution in [0.3, 0.4) is 0 Å². The van der Waals surface area contributed by atoms with E-state index in [-0.39, 0.29) is 23.2 Å². The Labute approximate surface area is 132 Å². The molecule has 0 aromatic carbocycles. The van der Waals surface area contributed by atoms with Gasteiger partial charge in [0.05, 0.1) is 5.54 Å². The highest BCUT2D eigenvalue weighted by molar-refractivity contribution is 7.09. The van der Waals surface area contributed by atoms with Gasteiger partial charge < -0.3 is 9.73 Å². The monoisotopic (exact) mass is 318 g/mol. The number of rotatable bonds is 4. The normalized spacial score (nSPS) is 16.6. The topological polar surface area (TPSA) is 72.2 Å². The summed E-state index contributed by atoms with van der Waals surface area (Å²) in [5, 5.41) is 6.05. The van der Waals surface area contributed by atoms with Crippen LogP contribution in [0.2, 0.25) is 0 Å². The summed E-state index contributed by atoms with van der Waals surface area (Å²) in [6.07, 6.45) is 3.89. The van der Waals surface area contributed by atoms with Crippen LogP contribution in [0, 0.1) is 6.92 Å². The zero-order valence-electron chi connectivity index (χ0n) is 12.6. The Morgan fingerprint density at radius 3 is 2.50 bits per heavy atom. The molecule has 0 unspecified atom stereocenters. The van der Waals surface area contributed by atoms with Gasteiger partial charge in [-0.2, -0.15) is 0 Å². The first-order chi connectivity index (χ1) is 10.5. The second-order valence-corrected chi connectivity index (χ2v) is 6.62. The van der Waals surface area contributed by atoms with Crippen LogP contribution >= 0.6 is 11.3 Å². The maximum absolute atomic E-state index is 12.5. The van der Waals surface area contributed by atoms with E-state index in [1.165, 1.54) is 13.0 Å². The van der Waals surface area contributed by atoms with Crippen LogP contribution in [0.15, 0.2) is 21.9 Å². The molecule has 0 spiro atoms. The van der Waals surface area contributed by atoms with Crippen molar-refractivity contribution < 1.29 is 14.0 Å². The van der Waals surface area contributed by atoms with Gasteiger partial charge in [0.1, 0.15) is 5.01 Å². The number of amides is 1. The van der Waals surface area contributed by atoms with E-state index in [1.807, 2.05) is 12.3 Å². The predicted molar refractivity (Wildman–Crippen MR) is 83.2 cm³/mol. The number of furan rings is 1. The standard InChI is InChI=1S/C16H18N2O3S/c1-10-9-22-15(17-10)16(7-3-4-8-16)18-14(20)13-6-5-12(21-13)11(2)19/h5-6,9H,3-4,7-8H2,1-2H3,(H,18,20). The zero-order valence-corrected chi connectivity index (χ0v) is 13.5. The Kier molecular flexibility index (Phi) is 3.87. The molecule has 2 aromatic rings. The van der Waals surface area contributed by atoms with Gasteiger partial charge in [-0.1, -0.05) is 12.8 Å². The fourth-order valence-electron chi connectivity index (χ4n) is 2.87. The number of aryl methyl sites for hydroxylation is 1. The molecule has 1 aliphatic carbocycles. The van der Waals surface area contributed by atoms with Gasteiger partial charge in [0.2, 0.25) is 0 Å². The average molecular weight is 318 g/mol. The molecular formula is C16H18N2O3S. The zero-order chi connectivity index (χ0) is 15.7. The minimum absolute atomic E-state index is 0.171. The lowest BCUT2D eigenvalue weighted by Gasteiger charge is -2.27. The van der Waals surface area contributed by atoms with E-state index in [4.69, 9.17) is 4.42 Å². The van der Waals surface area contributed by atoms with Gasteiger partial charge in [-0.25, -0.2) is 4.98 Å². The van der Waals surface area contributed by atoms with E-state index in [0.29, 0.717) is 0 Å². The Morgan fingerprint density at radius 1 is 1.27 bits per heavy atom. The largest absolute Gasteiger partial charge is 0.448 e. The molecule has 6 heteroatoms. The number of nitrogens with one attached hydrogen (secondary N) is 1. The third-order valence-electron chi connectivity index (χ3n) is 4.02. The first kappa shape index (κ1) is 15.0. The lowest BCUT2D eigenvalue weighted by Crippen LogP contribution is -2.43. The Morgan fingerprint density at radius 2 is 1.95 bits per heavy atom. The SMILES string of the molecule is CC(=O)c1ccc(C(=O)NC2(c3nc(C)cs3)CCCC2)o1. The van der Waals surface area contributed by atoms with Crippen molar-refractivity contribution in [1.29, 1.82) is 0 Å². The summed E-state index contributed by atoms with van der Waals surface area (Å²) >= 11 is 1.58. The summed E-state index contributed by atoms with van der Waals surface area (Å²) in [6.45, 7) is 3.37. The van der Waals surface area contributed by atoms with Gasteiger partial charge in [0, 0.05) is 18.0 Å². The van der Waals surface area contributed by atoms with Gasteiger partial charge >= 0.3 is 0 Å². The Hall–Kier alpha value is -1.95. The summed E-state index contributed by atoms with van der Waals surface area (Å²) in [7, 11) is 0. The van der Waals surface area contributed by atoms with Crippen molar-refractivity contribution in [3.05, 3.63) is 39.7 Å². The molecule has 0 radical (unpaired) electrons. The van der Waals surface area contributed by atoms with Crippen LogP contribution in [0.25, 0.3) is 0 Å². The van der Waals surface area contributed by atoms with Gasteiger partial charge in [0.15, 0.2) is 17.3 Å². The third-order valence-corrected chi connectivity index (χ3v) is 5.18. The second-order valence-electron chi connectivity index (χ2n) is 5.76. The van der Waals surface area contributed by atoms with Crippen LogP contribution in [0.1, 0.15) is 64.4 Å². The minimum atomic E-state index is -0.404. The third kappa shape index (κ3) is 2.70. The van der Waals surface area contributed by atoms with Gasteiger partial charge in [-0.05, 0) is 31.9 Å². The van der Waals surface area contributed by atoms with Crippen molar-refractivity contribution in [2.75, 3.05) is 0 Å². The van der Waals surface area contributed by atoms with E-state index < -0.39 is 5.54 Å². The number of hydrogen-bond acceptors (Lipinski definition) is 5. The number of carbonyl (C=O) groups excluding carboxylic acids is 2. The van der Waals surface area contributed by atoms with Crippen LogP contribution in [0.5, 0.6) is 0 Å². The van der Waals surface area contributed by atoms with E-state index in [1.54, 1.807) is 17.4 Å². The van der Waals surface area contributed by atoms with Crippen molar-refractivity contribution in [2.45, 2.75) is 45.1 Å². The molecule has 3 rings (SSSR count). The molecule has 5 nitrogen and oxygen atoms in total. The molecule has 2 aromatic heterocycles. The Bertz CT molecular complexity index is 711. The molecule has 1 aliphatic rings. The molecule has 0 bridgehead atoms. The van der Waals surface area contributed by atoms with Crippen molar-refractivity contribution in [3.63, 3.8) is 0 Å². The maximum atomic E-state index is 12.5. The first-order valence-corrected chi connectivity index (χ1v) is 8.24. The fourth-order valence-corrected chi connectivity index (χ4v) is 3.89. The number of nitrogens with zero attached hydrogens (tertiary/aromatic N) is 1. The van der Waals surface area contributed by atoms with E-state index in [9.17, 15) is 9.59 Å². The lowest BCUT2D eigenvalue weighted by atomic mass is 9.98. The highest BCUT2D eigenvalue weighted by atomic mass is 32.1. The quantitative estimate of drug-likeness (QED) is 0.876. The van der Waals surface area contributed by atoms with Gasteiger partial charge in [-0.3, -0.25) is 9.59 Å². The van der Waals surface area contributed by atoms with E-state index in [0.717, 1.165) is 36.4 Å². The van der Waals surface area contributed by atoms with E-state index in [2.05, 4.69) is 10.3 Å². The molecule has 22 heavy (non-hydrogen) atoms.